The molecule has 1 saturated carbocycles. The van der Waals surface area contributed by atoms with E-state index in [2.05, 4.69) is 46.1 Å². The van der Waals surface area contributed by atoms with Crippen molar-refractivity contribution in [3.05, 3.63) is 45.9 Å². The van der Waals surface area contributed by atoms with Gasteiger partial charge in [0.2, 0.25) is 17.6 Å². The number of nitrogens with one attached hydrogen (secondary N) is 2. The number of fused-ring (bicyclic) bond motifs is 1. The fourth-order valence-electron chi connectivity index (χ4n) is 5.92. The van der Waals surface area contributed by atoms with Gasteiger partial charge < -0.3 is 14.8 Å². The van der Waals surface area contributed by atoms with Gasteiger partial charge in [-0.1, -0.05) is 37.6 Å². The summed E-state index contributed by atoms with van der Waals surface area (Å²) in [6.07, 6.45) is 1.03. The summed E-state index contributed by atoms with van der Waals surface area (Å²) in [4.78, 5) is 30.9. The Hall–Kier alpha value is -3.90. The van der Waals surface area contributed by atoms with Crippen molar-refractivity contribution in [2.45, 2.75) is 77.7 Å². The lowest BCUT2D eigenvalue weighted by molar-refractivity contribution is -0.137. The van der Waals surface area contributed by atoms with E-state index in [1.54, 1.807) is 0 Å². The first-order valence-corrected chi connectivity index (χ1v) is 14.1. The van der Waals surface area contributed by atoms with E-state index < -0.39 is 17.5 Å². The minimum absolute atomic E-state index is 0.0938. The Kier molecular flexibility index (Phi) is 6.98. The van der Waals surface area contributed by atoms with Crippen LogP contribution in [0.4, 0.5) is 24.9 Å². The lowest BCUT2D eigenvalue weighted by Gasteiger charge is -2.32. The van der Waals surface area contributed by atoms with Gasteiger partial charge in [-0.3, -0.25) is 9.51 Å². The minimum atomic E-state index is -4.41. The molecule has 3 aromatic heterocycles. The molecule has 13 heteroatoms. The highest BCUT2D eigenvalue weighted by Crippen LogP contribution is 2.37. The lowest BCUT2D eigenvalue weighted by Crippen LogP contribution is -2.35. The number of benzene rings is 1. The molecule has 2 aliphatic rings. The van der Waals surface area contributed by atoms with E-state index in [9.17, 15) is 18.0 Å². The van der Waals surface area contributed by atoms with Crippen molar-refractivity contribution in [1.82, 2.24) is 29.7 Å². The number of alkyl halides is 3. The van der Waals surface area contributed by atoms with Crippen molar-refractivity contribution in [3.8, 4) is 11.6 Å². The third-order valence-corrected chi connectivity index (χ3v) is 8.40. The van der Waals surface area contributed by atoms with E-state index in [1.807, 2.05) is 4.57 Å². The Morgan fingerprint density at radius 1 is 1.07 bits per heavy atom. The minimum Gasteiger partial charge on any atom is -0.365 e. The van der Waals surface area contributed by atoms with Gasteiger partial charge in [0.15, 0.2) is 11.5 Å². The summed E-state index contributed by atoms with van der Waals surface area (Å²) >= 11 is 0. The Morgan fingerprint density at radius 2 is 1.83 bits per heavy atom. The van der Waals surface area contributed by atoms with Gasteiger partial charge in [-0.05, 0) is 62.1 Å². The van der Waals surface area contributed by atoms with Gasteiger partial charge in [0, 0.05) is 18.6 Å². The first kappa shape index (κ1) is 27.3. The Bertz CT molecular complexity index is 1590. The van der Waals surface area contributed by atoms with E-state index >= 15 is 0 Å². The molecule has 10 nitrogen and oxygen atoms in total. The maximum Gasteiger partial charge on any atom is 0.439 e. The molecule has 0 amide bonds. The van der Waals surface area contributed by atoms with Crippen LogP contribution in [0.15, 0.2) is 33.6 Å². The van der Waals surface area contributed by atoms with E-state index in [-0.39, 0.29) is 30.3 Å². The number of nitrogens with zero attached hydrogens (tertiary/aromatic N) is 6. The predicted octanol–water partition coefficient (Wildman–Crippen LogP) is 5.46. The van der Waals surface area contributed by atoms with Gasteiger partial charge >= 0.3 is 11.9 Å². The molecule has 0 radical (unpaired) electrons. The zero-order valence-electron chi connectivity index (χ0n) is 23.2. The standard InChI is InChI=1S/C28H33F3N8O2/c1-15(2)20-8-5-13-38(20)26-35-23-21(39(26)14-17-9-11-19(12-10-17)28(29,30)31)22(32-16(3)18-6-4-7-18)33-24(34-23)25-36-27(40)41-37-25/h9-12,15-16,18,20H,4-8,13-14H2,1-3H3,(H,32,33,34)(H,36,37,40). The summed E-state index contributed by atoms with van der Waals surface area (Å²) < 4.78 is 46.5. The summed E-state index contributed by atoms with van der Waals surface area (Å²) in [5.74, 6) is 1.62. The molecule has 4 heterocycles. The summed E-state index contributed by atoms with van der Waals surface area (Å²) in [5, 5.41) is 7.35. The largest absolute Gasteiger partial charge is 0.439 e. The van der Waals surface area contributed by atoms with Crippen LogP contribution in [0, 0.1) is 11.8 Å². The monoisotopic (exact) mass is 570 g/mol. The van der Waals surface area contributed by atoms with Crippen LogP contribution in [0.25, 0.3) is 22.8 Å². The molecule has 1 aliphatic heterocycles. The molecule has 1 saturated heterocycles. The predicted molar refractivity (Wildman–Crippen MR) is 148 cm³/mol. The van der Waals surface area contributed by atoms with Gasteiger partial charge in [-0.25, -0.2) is 14.8 Å². The highest BCUT2D eigenvalue weighted by atomic mass is 19.4. The third-order valence-electron chi connectivity index (χ3n) is 8.40. The smallest absolute Gasteiger partial charge is 0.365 e. The Morgan fingerprint density at radius 3 is 2.44 bits per heavy atom. The van der Waals surface area contributed by atoms with Crippen LogP contribution in [0.2, 0.25) is 0 Å². The number of anilines is 2. The summed E-state index contributed by atoms with van der Waals surface area (Å²) in [6, 6.07) is 5.58. The molecule has 218 valence electrons. The average Bonchev–Trinajstić information content (AvgIpc) is 3.61. The van der Waals surface area contributed by atoms with Crippen LogP contribution < -0.4 is 16.0 Å². The topological polar surface area (TPSA) is 118 Å². The molecular formula is C28H33F3N8O2. The van der Waals surface area contributed by atoms with Crippen molar-refractivity contribution in [2.75, 3.05) is 16.8 Å². The molecule has 1 aromatic carbocycles. The molecule has 41 heavy (non-hydrogen) atoms. The van der Waals surface area contributed by atoms with Crippen LogP contribution in [-0.2, 0) is 12.7 Å². The van der Waals surface area contributed by atoms with Gasteiger partial charge in [0.05, 0.1) is 12.1 Å². The molecule has 0 spiro atoms. The number of H-pyrrole nitrogens is 1. The normalized spacial score (nSPS) is 18.8. The van der Waals surface area contributed by atoms with Gasteiger partial charge in [-0.15, -0.1) is 0 Å². The molecule has 2 N–H and O–H groups in total. The van der Waals surface area contributed by atoms with Crippen LogP contribution in [0.5, 0.6) is 0 Å². The van der Waals surface area contributed by atoms with Gasteiger partial charge in [0.25, 0.3) is 0 Å². The summed E-state index contributed by atoms with van der Waals surface area (Å²) in [6.45, 7) is 7.55. The average molecular weight is 571 g/mol. The Labute approximate surface area is 234 Å². The SMILES string of the molecule is CC(C)C1CCCN1c1nc2nc(-c3noc(=O)[nH]3)nc(NC(C)C3CCC3)c2n1Cc1ccc(C(F)(F)F)cc1. The maximum absolute atomic E-state index is 13.3. The van der Waals surface area contributed by atoms with Crippen molar-refractivity contribution >= 4 is 22.9 Å². The van der Waals surface area contributed by atoms with Gasteiger partial charge in [-0.2, -0.15) is 18.2 Å². The second kappa shape index (κ2) is 10.5. The first-order valence-electron chi connectivity index (χ1n) is 14.1. The van der Waals surface area contributed by atoms with Crippen molar-refractivity contribution in [3.63, 3.8) is 0 Å². The number of rotatable bonds is 8. The van der Waals surface area contributed by atoms with E-state index in [1.165, 1.54) is 18.6 Å². The van der Waals surface area contributed by atoms with Crippen molar-refractivity contribution in [2.24, 2.45) is 11.8 Å². The number of imidazole rings is 1. The molecule has 0 bridgehead atoms. The summed E-state index contributed by atoms with van der Waals surface area (Å²) in [5.41, 5.74) is 1.05. The molecule has 2 atom stereocenters. The molecular weight excluding hydrogens is 537 g/mol. The number of aromatic amines is 1. The van der Waals surface area contributed by atoms with Crippen molar-refractivity contribution in [1.29, 1.82) is 0 Å². The third kappa shape index (κ3) is 5.29. The maximum atomic E-state index is 13.3. The van der Waals surface area contributed by atoms with Crippen LogP contribution in [0.3, 0.4) is 0 Å². The second-order valence-corrected chi connectivity index (χ2v) is 11.5. The van der Waals surface area contributed by atoms with Crippen LogP contribution in [-0.4, -0.2) is 48.3 Å². The summed E-state index contributed by atoms with van der Waals surface area (Å²) in [7, 11) is 0. The number of halogens is 3. The fourth-order valence-corrected chi connectivity index (χ4v) is 5.92. The second-order valence-electron chi connectivity index (χ2n) is 11.5. The van der Waals surface area contributed by atoms with E-state index in [4.69, 9.17) is 14.5 Å². The zero-order valence-corrected chi connectivity index (χ0v) is 23.2. The number of aromatic nitrogens is 6. The van der Waals surface area contributed by atoms with Crippen molar-refractivity contribution < 1.29 is 17.7 Å². The molecule has 1 aliphatic carbocycles. The quantitative estimate of drug-likeness (QED) is 0.287. The highest BCUT2D eigenvalue weighted by molar-refractivity contribution is 5.87. The molecule has 2 unspecified atom stereocenters. The van der Waals surface area contributed by atoms with Crippen LogP contribution in [0.1, 0.15) is 64.0 Å². The fraction of sp³-hybridized carbons (Fsp3) is 0.536. The highest BCUT2D eigenvalue weighted by Gasteiger charge is 2.34. The van der Waals surface area contributed by atoms with Gasteiger partial charge in [0.1, 0.15) is 5.52 Å². The number of hydrogen-bond acceptors (Lipinski definition) is 8. The molecule has 6 rings (SSSR count). The Balaban J connectivity index is 1.52. The van der Waals surface area contributed by atoms with E-state index in [0.717, 1.165) is 44.4 Å². The first-order chi connectivity index (χ1) is 19.6. The van der Waals surface area contributed by atoms with E-state index in [0.29, 0.717) is 40.3 Å². The van der Waals surface area contributed by atoms with Crippen LogP contribution >= 0.6 is 0 Å². The number of hydrogen-bond donors (Lipinski definition) is 2. The molecule has 2 fully saturated rings. The zero-order chi connectivity index (χ0) is 28.9. The molecule has 4 aromatic rings. The lowest BCUT2D eigenvalue weighted by atomic mass is 9.80.